The van der Waals surface area contributed by atoms with Crippen molar-refractivity contribution in [2.24, 2.45) is 5.73 Å². The van der Waals surface area contributed by atoms with Crippen molar-refractivity contribution >= 4 is 10.9 Å². The summed E-state index contributed by atoms with van der Waals surface area (Å²) < 4.78 is 0. The predicted octanol–water partition coefficient (Wildman–Crippen LogP) is 3.85. The Balaban J connectivity index is 2.16. The molecule has 0 aliphatic heterocycles. The number of aromatic amines is 1. The van der Waals surface area contributed by atoms with Crippen LogP contribution in [0.25, 0.3) is 22.0 Å². The maximum absolute atomic E-state index is 5.91. The first kappa shape index (κ1) is 11.1. The lowest BCUT2D eigenvalue weighted by atomic mass is 10.0. The highest BCUT2D eigenvalue weighted by Gasteiger charge is 2.07. The second kappa shape index (κ2) is 4.31. The third kappa shape index (κ3) is 1.81. The zero-order valence-corrected chi connectivity index (χ0v) is 10.4. The summed E-state index contributed by atoms with van der Waals surface area (Å²) in [6.07, 6.45) is 2.06. The lowest BCUT2D eigenvalue weighted by Gasteiger charge is -2.05. The van der Waals surface area contributed by atoms with Gasteiger partial charge in [-0.05, 0) is 24.1 Å². The quantitative estimate of drug-likeness (QED) is 0.697. The minimum Gasteiger partial charge on any atom is -0.361 e. The van der Waals surface area contributed by atoms with Crippen LogP contribution in [0.1, 0.15) is 18.5 Å². The topological polar surface area (TPSA) is 41.8 Å². The Bertz CT molecular complexity index is 666. The molecule has 0 saturated carbocycles. The van der Waals surface area contributed by atoms with Crippen LogP contribution in [0, 0.1) is 0 Å². The van der Waals surface area contributed by atoms with E-state index >= 15 is 0 Å². The molecule has 3 aromatic rings. The van der Waals surface area contributed by atoms with Gasteiger partial charge in [0.2, 0.25) is 0 Å². The molecule has 1 unspecified atom stereocenters. The molecule has 0 spiro atoms. The first-order chi connectivity index (χ1) is 8.75. The molecule has 1 atom stereocenters. The van der Waals surface area contributed by atoms with E-state index in [1.165, 1.54) is 16.5 Å². The average Bonchev–Trinajstić information content (AvgIpc) is 2.82. The molecule has 0 saturated heterocycles. The van der Waals surface area contributed by atoms with Gasteiger partial charge in [-0.2, -0.15) is 0 Å². The largest absolute Gasteiger partial charge is 0.361 e. The van der Waals surface area contributed by atoms with E-state index < -0.39 is 0 Å². The maximum atomic E-state index is 5.91. The number of benzene rings is 2. The smallest absolute Gasteiger partial charge is 0.0463 e. The van der Waals surface area contributed by atoms with Crippen LogP contribution in [-0.2, 0) is 0 Å². The highest BCUT2D eigenvalue weighted by atomic mass is 14.7. The Morgan fingerprint density at radius 3 is 2.56 bits per heavy atom. The van der Waals surface area contributed by atoms with Crippen LogP contribution in [0.2, 0.25) is 0 Å². The Hall–Kier alpha value is -2.06. The minimum absolute atomic E-state index is 0.0675. The molecular weight excluding hydrogens is 220 g/mol. The highest BCUT2D eigenvalue weighted by Crippen LogP contribution is 2.29. The average molecular weight is 236 g/mol. The minimum atomic E-state index is 0.0675. The first-order valence-electron chi connectivity index (χ1n) is 6.18. The Morgan fingerprint density at radius 1 is 1.06 bits per heavy atom. The van der Waals surface area contributed by atoms with Gasteiger partial charge in [-0.25, -0.2) is 0 Å². The maximum Gasteiger partial charge on any atom is 0.0463 e. The van der Waals surface area contributed by atoms with Crippen molar-refractivity contribution in [2.45, 2.75) is 13.0 Å². The molecule has 3 rings (SSSR count). The van der Waals surface area contributed by atoms with E-state index in [4.69, 9.17) is 5.73 Å². The number of rotatable bonds is 2. The molecule has 0 aliphatic carbocycles. The van der Waals surface area contributed by atoms with E-state index in [-0.39, 0.29) is 6.04 Å². The van der Waals surface area contributed by atoms with Crippen LogP contribution >= 0.6 is 0 Å². The van der Waals surface area contributed by atoms with Gasteiger partial charge in [-0.1, -0.05) is 42.5 Å². The second-order valence-electron chi connectivity index (χ2n) is 4.66. The van der Waals surface area contributed by atoms with E-state index in [0.717, 1.165) is 11.1 Å². The van der Waals surface area contributed by atoms with Crippen molar-refractivity contribution in [2.75, 3.05) is 0 Å². The molecule has 0 aliphatic rings. The molecule has 1 heterocycles. The second-order valence-corrected chi connectivity index (χ2v) is 4.66. The zero-order chi connectivity index (χ0) is 12.5. The molecule has 18 heavy (non-hydrogen) atoms. The lowest BCUT2D eigenvalue weighted by molar-refractivity contribution is 0.820. The van der Waals surface area contributed by atoms with Crippen molar-refractivity contribution in [1.29, 1.82) is 0 Å². The van der Waals surface area contributed by atoms with Gasteiger partial charge in [-0.15, -0.1) is 0 Å². The van der Waals surface area contributed by atoms with Gasteiger partial charge in [0.1, 0.15) is 0 Å². The summed E-state index contributed by atoms with van der Waals surface area (Å²) in [5, 5.41) is 1.24. The number of fused-ring (bicyclic) bond motifs is 1. The van der Waals surface area contributed by atoms with E-state index in [0.29, 0.717) is 0 Å². The Kier molecular flexibility index (Phi) is 2.65. The van der Waals surface area contributed by atoms with Crippen molar-refractivity contribution in [3.05, 3.63) is 60.3 Å². The Morgan fingerprint density at radius 2 is 1.83 bits per heavy atom. The van der Waals surface area contributed by atoms with Crippen LogP contribution in [0.3, 0.4) is 0 Å². The number of hydrogen-bond donors (Lipinski definition) is 2. The monoisotopic (exact) mass is 236 g/mol. The van der Waals surface area contributed by atoms with Gasteiger partial charge in [-0.3, -0.25) is 0 Å². The van der Waals surface area contributed by atoms with Crippen LogP contribution in [0.15, 0.2) is 54.7 Å². The molecule has 1 aromatic heterocycles. The lowest BCUT2D eigenvalue weighted by Crippen LogP contribution is -2.04. The van der Waals surface area contributed by atoms with Gasteiger partial charge < -0.3 is 10.7 Å². The SMILES string of the molecule is CC(N)c1ccc2c(-c3ccccc3)c[nH]c2c1. The van der Waals surface area contributed by atoms with Gasteiger partial charge >= 0.3 is 0 Å². The summed E-state index contributed by atoms with van der Waals surface area (Å²) in [4.78, 5) is 3.33. The van der Waals surface area contributed by atoms with Crippen molar-refractivity contribution in [3.8, 4) is 11.1 Å². The Labute approximate surface area is 106 Å². The van der Waals surface area contributed by atoms with Gasteiger partial charge in [0.05, 0.1) is 0 Å². The molecular formula is C16H16N2. The van der Waals surface area contributed by atoms with Crippen LogP contribution in [0.4, 0.5) is 0 Å². The summed E-state index contributed by atoms with van der Waals surface area (Å²) in [7, 11) is 0. The summed E-state index contributed by atoms with van der Waals surface area (Å²) in [5.41, 5.74) is 10.7. The molecule has 0 bridgehead atoms. The molecule has 2 aromatic carbocycles. The molecule has 0 fully saturated rings. The van der Waals surface area contributed by atoms with E-state index in [1.807, 2.05) is 13.0 Å². The van der Waals surface area contributed by atoms with Crippen molar-refractivity contribution in [3.63, 3.8) is 0 Å². The molecule has 2 nitrogen and oxygen atoms in total. The van der Waals surface area contributed by atoms with Crippen LogP contribution < -0.4 is 5.73 Å². The standard InChI is InChI=1S/C16H16N2/c1-11(17)13-7-8-14-15(10-18-16(14)9-13)12-5-3-2-4-6-12/h2-11,18H,17H2,1H3. The fraction of sp³-hybridized carbons (Fsp3) is 0.125. The molecule has 0 radical (unpaired) electrons. The molecule has 0 amide bonds. The normalized spacial score (nSPS) is 12.8. The highest BCUT2D eigenvalue weighted by molar-refractivity contribution is 5.95. The summed E-state index contributed by atoms with van der Waals surface area (Å²) in [5.74, 6) is 0. The first-order valence-corrected chi connectivity index (χ1v) is 6.18. The van der Waals surface area contributed by atoms with Crippen LogP contribution in [0.5, 0.6) is 0 Å². The summed E-state index contributed by atoms with van der Waals surface area (Å²) >= 11 is 0. The number of H-pyrrole nitrogens is 1. The number of nitrogens with two attached hydrogens (primary N) is 1. The number of hydrogen-bond acceptors (Lipinski definition) is 1. The van der Waals surface area contributed by atoms with E-state index in [2.05, 4.69) is 53.6 Å². The predicted molar refractivity (Wildman–Crippen MR) is 76.3 cm³/mol. The summed E-state index contributed by atoms with van der Waals surface area (Å²) in [6, 6.07) is 16.9. The molecule has 90 valence electrons. The van der Waals surface area contributed by atoms with Gasteiger partial charge in [0, 0.05) is 28.7 Å². The summed E-state index contributed by atoms with van der Waals surface area (Å²) in [6.45, 7) is 2.00. The van der Waals surface area contributed by atoms with Crippen LogP contribution in [-0.4, -0.2) is 4.98 Å². The zero-order valence-electron chi connectivity index (χ0n) is 10.4. The van der Waals surface area contributed by atoms with E-state index in [1.54, 1.807) is 0 Å². The van der Waals surface area contributed by atoms with E-state index in [9.17, 15) is 0 Å². The fourth-order valence-corrected chi connectivity index (χ4v) is 2.28. The number of aromatic nitrogens is 1. The molecule has 3 N–H and O–H groups in total. The molecule has 2 heteroatoms. The van der Waals surface area contributed by atoms with Gasteiger partial charge in [0.15, 0.2) is 0 Å². The van der Waals surface area contributed by atoms with Crippen molar-refractivity contribution < 1.29 is 0 Å². The fourth-order valence-electron chi connectivity index (χ4n) is 2.28. The third-order valence-electron chi connectivity index (χ3n) is 3.32. The van der Waals surface area contributed by atoms with Crippen molar-refractivity contribution in [1.82, 2.24) is 4.98 Å². The number of nitrogens with one attached hydrogen (secondary N) is 1. The third-order valence-corrected chi connectivity index (χ3v) is 3.32. The van der Waals surface area contributed by atoms with Gasteiger partial charge in [0.25, 0.3) is 0 Å².